The quantitative estimate of drug-likeness (QED) is 0.206. The topological polar surface area (TPSA) is 143 Å². The maximum atomic E-state index is 14.5. The van der Waals surface area contributed by atoms with Gasteiger partial charge in [0.25, 0.3) is 0 Å². The number of hydrogen-bond acceptors (Lipinski definition) is 9. The fourth-order valence-electron chi connectivity index (χ4n) is 5.95. The second-order valence-corrected chi connectivity index (χ2v) is 10.9. The Morgan fingerprint density at radius 2 is 1.95 bits per heavy atom. The number of nitrogens with zero attached hydrogens (tertiary/aromatic N) is 1. The first kappa shape index (κ1) is 31.1. The molecule has 2 unspecified atom stereocenters. The van der Waals surface area contributed by atoms with Gasteiger partial charge in [-0.15, -0.1) is 0 Å². The molecule has 1 amide bonds. The SMILES string of the molecule is CC1=C2CCCC(OC(=O)NCCOCCO)CCC2C(c2cccc(-c3c(C)c4cc(F)c(O)c(F)c4oc3=O)c2)=NN1. The van der Waals surface area contributed by atoms with Crippen LogP contribution in [0.2, 0.25) is 0 Å². The number of aliphatic hydroxyl groups excluding tert-OH is 1. The summed E-state index contributed by atoms with van der Waals surface area (Å²) in [5, 5.41) is 25.8. The summed E-state index contributed by atoms with van der Waals surface area (Å²) in [6.07, 6.45) is 2.83. The molecule has 0 bridgehead atoms. The number of nitrogens with one attached hydrogen (secondary N) is 2. The highest BCUT2D eigenvalue weighted by Gasteiger charge is 2.31. The summed E-state index contributed by atoms with van der Waals surface area (Å²) >= 11 is 0. The molecule has 44 heavy (non-hydrogen) atoms. The van der Waals surface area contributed by atoms with E-state index in [9.17, 15) is 23.5 Å². The average molecular weight is 612 g/mol. The molecule has 1 aliphatic heterocycles. The summed E-state index contributed by atoms with van der Waals surface area (Å²) < 4.78 is 44.8. The summed E-state index contributed by atoms with van der Waals surface area (Å²) in [5.74, 6) is -3.74. The normalized spacial score (nSPS) is 18.6. The van der Waals surface area contributed by atoms with Gasteiger partial charge in [-0.05, 0) is 80.3 Å². The molecule has 1 aliphatic carbocycles. The minimum Gasteiger partial charge on any atom is -0.503 e. The molecule has 2 atom stereocenters. The van der Waals surface area contributed by atoms with Crippen LogP contribution in [0.3, 0.4) is 0 Å². The smallest absolute Gasteiger partial charge is 0.407 e. The molecule has 4 N–H and O–H groups in total. The second-order valence-electron chi connectivity index (χ2n) is 10.9. The fraction of sp³-hybridized carbons (Fsp3) is 0.406. The molecule has 3 aromatic rings. The van der Waals surface area contributed by atoms with Crippen LogP contribution in [0, 0.1) is 24.5 Å². The van der Waals surface area contributed by atoms with Gasteiger partial charge in [-0.2, -0.15) is 9.49 Å². The highest BCUT2D eigenvalue weighted by molar-refractivity contribution is 6.05. The first-order valence-electron chi connectivity index (χ1n) is 14.6. The molecule has 0 spiro atoms. The second kappa shape index (κ2) is 13.6. The summed E-state index contributed by atoms with van der Waals surface area (Å²) in [6.45, 7) is 4.25. The molecule has 1 aromatic heterocycles. The van der Waals surface area contributed by atoms with Crippen LogP contribution in [-0.4, -0.2) is 54.5 Å². The highest BCUT2D eigenvalue weighted by atomic mass is 19.1. The molecule has 2 aromatic carbocycles. The van der Waals surface area contributed by atoms with Crippen LogP contribution >= 0.6 is 0 Å². The highest BCUT2D eigenvalue weighted by Crippen LogP contribution is 2.37. The van der Waals surface area contributed by atoms with Gasteiger partial charge in [-0.1, -0.05) is 18.2 Å². The van der Waals surface area contributed by atoms with Crippen molar-refractivity contribution in [3.63, 3.8) is 0 Å². The van der Waals surface area contributed by atoms with Gasteiger partial charge in [0.1, 0.15) is 6.10 Å². The van der Waals surface area contributed by atoms with Gasteiger partial charge in [0.15, 0.2) is 17.1 Å². The third-order valence-electron chi connectivity index (χ3n) is 8.13. The molecule has 2 heterocycles. The first-order chi connectivity index (χ1) is 21.2. The van der Waals surface area contributed by atoms with Gasteiger partial charge in [0, 0.05) is 23.5 Å². The summed E-state index contributed by atoms with van der Waals surface area (Å²) in [6, 6.07) is 8.14. The number of rotatable bonds is 8. The van der Waals surface area contributed by atoms with Gasteiger partial charge in [-0.3, -0.25) is 5.43 Å². The molecular formula is C32H35F2N3O7. The lowest BCUT2D eigenvalue weighted by Gasteiger charge is -2.32. The van der Waals surface area contributed by atoms with Crippen molar-refractivity contribution in [2.45, 2.75) is 52.1 Å². The molecule has 2 aliphatic rings. The van der Waals surface area contributed by atoms with E-state index in [4.69, 9.17) is 19.0 Å². The van der Waals surface area contributed by atoms with Crippen LogP contribution in [0.15, 0.2) is 55.9 Å². The number of aliphatic hydroxyl groups is 1. The van der Waals surface area contributed by atoms with E-state index in [1.54, 1.807) is 25.1 Å². The molecule has 0 saturated heterocycles. The third kappa shape index (κ3) is 6.46. The Bertz CT molecular complexity index is 1680. The number of alkyl carbamates (subject to hydrolysis) is 1. The number of carbonyl (C=O) groups excluding carboxylic acids is 1. The molecule has 5 rings (SSSR count). The van der Waals surface area contributed by atoms with Crippen molar-refractivity contribution >= 4 is 22.8 Å². The van der Waals surface area contributed by atoms with E-state index in [1.165, 1.54) is 5.57 Å². The minimum absolute atomic E-state index is 0.0445. The lowest BCUT2D eigenvalue weighted by Crippen LogP contribution is -2.34. The number of allylic oxidation sites excluding steroid dienone is 2. The number of aryl methyl sites for hydroxylation is 1. The number of phenolic OH excluding ortho intramolecular Hbond substituents is 1. The van der Waals surface area contributed by atoms with Crippen LogP contribution in [0.5, 0.6) is 5.75 Å². The van der Waals surface area contributed by atoms with Crippen molar-refractivity contribution in [2.24, 2.45) is 11.0 Å². The lowest BCUT2D eigenvalue weighted by atomic mass is 9.79. The molecule has 1 saturated carbocycles. The van der Waals surface area contributed by atoms with Gasteiger partial charge in [-0.25, -0.2) is 14.0 Å². The first-order valence-corrected chi connectivity index (χ1v) is 14.6. The Morgan fingerprint density at radius 1 is 1.16 bits per heavy atom. The molecule has 1 fully saturated rings. The Kier molecular flexibility index (Phi) is 9.60. The number of carbonyl (C=O) groups is 1. The van der Waals surface area contributed by atoms with E-state index in [0.717, 1.165) is 42.3 Å². The van der Waals surface area contributed by atoms with Crippen molar-refractivity contribution in [3.8, 4) is 16.9 Å². The Labute approximate surface area is 252 Å². The minimum atomic E-state index is -1.33. The van der Waals surface area contributed by atoms with Crippen LogP contribution in [0.1, 0.15) is 50.2 Å². The number of hydrogen-bond donors (Lipinski definition) is 4. The molecule has 234 valence electrons. The average Bonchev–Trinajstić information content (AvgIpc) is 2.99. The number of hydrazone groups is 1. The van der Waals surface area contributed by atoms with E-state index in [0.29, 0.717) is 24.0 Å². The molecular weight excluding hydrogens is 576 g/mol. The van der Waals surface area contributed by atoms with Gasteiger partial charge < -0.3 is 29.4 Å². The maximum Gasteiger partial charge on any atom is 0.407 e. The number of fused-ring (bicyclic) bond motifs is 2. The number of phenols is 1. The van der Waals surface area contributed by atoms with Crippen molar-refractivity contribution in [1.29, 1.82) is 0 Å². The summed E-state index contributed by atoms with van der Waals surface area (Å²) in [5.41, 5.74) is 6.50. The van der Waals surface area contributed by atoms with E-state index in [2.05, 4.69) is 15.8 Å². The van der Waals surface area contributed by atoms with Crippen LogP contribution < -0.4 is 16.4 Å². The zero-order valence-electron chi connectivity index (χ0n) is 24.5. The van der Waals surface area contributed by atoms with Crippen molar-refractivity contribution in [2.75, 3.05) is 26.4 Å². The van der Waals surface area contributed by atoms with Crippen LogP contribution in [0.25, 0.3) is 22.1 Å². The molecule has 10 nitrogen and oxygen atoms in total. The summed E-state index contributed by atoms with van der Waals surface area (Å²) in [4.78, 5) is 25.4. The zero-order chi connectivity index (χ0) is 31.4. The van der Waals surface area contributed by atoms with Gasteiger partial charge >= 0.3 is 11.7 Å². The zero-order valence-corrected chi connectivity index (χ0v) is 24.5. The lowest BCUT2D eigenvalue weighted by molar-refractivity contribution is 0.0723. The third-order valence-corrected chi connectivity index (χ3v) is 8.13. The molecule has 12 heteroatoms. The van der Waals surface area contributed by atoms with Gasteiger partial charge in [0.05, 0.1) is 31.1 Å². The number of benzene rings is 2. The predicted octanol–water partition coefficient (Wildman–Crippen LogP) is 5.02. The van der Waals surface area contributed by atoms with E-state index >= 15 is 0 Å². The Balaban J connectivity index is 1.38. The van der Waals surface area contributed by atoms with E-state index < -0.39 is 34.7 Å². The Morgan fingerprint density at radius 3 is 2.75 bits per heavy atom. The number of halogens is 2. The number of aromatic hydroxyl groups is 1. The van der Waals surface area contributed by atoms with Crippen molar-refractivity contribution in [1.82, 2.24) is 10.7 Å². The monoisotopic (exact) mass is 611 g/mol. The largest absolute Gasteiger partial charge is 0.503 e. The summed E-state index contributed by atoms with van der Waals surface area (Å²) in [7, 11) is 0. The molecule has 0 radical (unpaired) electrons. The number of ether oxygens (including phenoxy) is 2. The number of amides is 1. The van der Waals surface area contributed by atoms with E-state index in [1.807, 2.05) is 13.0 Å². The van der Waals surface area contributed by atoms with E-state index in [-0.39, 0.29) is 49.3 Å². The van der Waals surface area contributed by atoms with Crippen molar-refractivity contribution in [3.05, 3.63) is 74.8 Å². The van der Waals surface area contributed by atoms with Crippen LogP contribution in [-0.2, 0) is 9.47 Å². The van der Waals surface area contributed by atoms with Crippen LogP contribution in [0.4, 0.5) is 13.6 Å². The predicted molar refractivity (Wildman–Crippen MR) is 159 cm³/mol. The maximum absolute atomic E-state index is 14.5. The fourth-order valence-corrected chi connectivity index (χ4v) is 5.95. The van der Waals surface area contributed by atoms with Gasteiger partial charge in [0.2, 0.25) is 5.82 Å². The standard InChI is InChI=1S/C32H35F2N3O7/c1-17-24-16-25(33)29(39)27(34)30(24)44-31(40)26(17)19-5-3-6-20(15-19)28-23-10-9-21(7-4-8-22(23)18(2)36-37-28)43-32(41)35-11-13-42-14-12-38/h3,5-6,15-16,21,23,36,38-39H,4,7-14H2,1-2H3,(H,35,41). The Hall–Kier alpha value is -4.29. The van der Waals surface area contributed by atoms with Crippen molar-refractivity contribution < 1.29 is 37.7 Å².